The first kappa shape index (κ1) is 15.4. The van der Waals surface area contributed by atoms with Gasteiger partial charge in [0.25, 0.3) is 0 Å². The van der Waals surface area contributed by atoms with E-state index in [2.05, 4.69) is 5.32 Å². The van der Waals surface area contributed by atoms with Crippen LogP contribution in [0.2, 0.25) is 0 Å². The summed E-state index contributed by atoms with van der Waals surface area (Å²) in [6, 6.07) is 11.6. The van der Waals surface area contributed by atoms with Crippen molar-refractivity contribution in [2.24, 2.45) is 0 Å². The Hall–Kier alpha value is -2.47. The van der Waals surface area contributed by atoms with Crippen LogP contribution in [0.4, 0.5) is 5.69 Å². The molecular weight excluding hydrogens is 314 g/mol. The predicted molar refractivity (Wildman–Crippen MR) is 87.1 cm³/mol. The van der Waals surface area contributed by atoms with Crippen LogP contribution in [0.3, 0.4) is 0 Å². The second kappa shape index (κ2) is 6.34. The summed E-state index contributed by atoms with van der Waals surface area (Å²) in [5, 5.41) is 2.78. The predicted octanol–water partition coefficient (Wildman–Crippen LogP) is 2.53. The minimum absolute atomic E-state index is 0.00403. The first-order valence-electron chi connectivity index (χ1n) is 7.11. The van der Waals surface area contributed by atoms with Crippen molar-refractivity contribution in [3.05, 3.63) is 53.6 Å². The monoisotopic (exact) mass is 329 g/mol. The summed E-state index contributed by atoms with van der Waals surface area (Å²) in [5.74, 6) is -0.0399. The Bertz CT molecular complexity index is 799. The van der Waals surface area contributed by atoms with Gasteiger partial charge in [0.2, 0.25) is 5.91 Å². The van der Waals surface area contributed by atoms with Gasteiger partial charge in [0.1, 0.15) is 5.75 Å². The van der Waals surface area contributed by atoms with Crippen molar-refractivity contribution in [2.45, 2.75) is 17.7 Å². The van der Waals surface area contributed by atoms with Crippen molar-refractivity contribution in [3.8, 4) is 5.75 Å². The van der Waals surface area contributed by atoms with Crippen molar-refractivity contribution >= 4 is 28.4 Å². The van der Waals surface area contributed by atoms with Crippen LogP contribution in [-0.4, -0.2) is 22.3 Å². The molecule has 2 aromatic rings. The fourth-order valence-electron chi connectivity index (χ4n) is 2.37. The first-order chi connectivity index (χ1) is 11.0. The van der Waals surface area contributed by atoms with Gasteiger partial charge >= 0.3 is 5.97 Å². The Kier molecular flexibility index (Phi) is 4.25. The quantitative estimate of drug-likeness (QED) is 0.694. The molecule has 1 atom stereocenters. The van der Waals surface area contributed by atoms with Gasteiger partial charge in [0, 0.05) is 34.1 Å². The SMILES string of the molecule is CS(=O)c1ccc(C(=O)Oc2ccc3c(c2)CCC(=O)N3)cc1. The van der Waals surface area contributed by atoms with Crippen LogP contribution in [0, 0.1) is 0 Å². The molecule has 2 aromatic carbocycles. The molecule has 1 heterocycles. The number of hydrogen-bond donors (Lipinski definition) is 1. The number of fused-ring (bicyclic) bond motifs is 1. The van der Waals surface area contributed by atoms with Gasteiger partial charge in [0.05, 0.1) is 5.56 Å². The smallest absolute Gasteiger partial charge is 0.343 e. The number of amides is 1. The number of carbonyl (C=O) groups is 2. The van der Waals surface area contributed by atoms with E-state index in [4.69, 9.17) is 4.74 Å². The molecule has 0 spiro atoms. The molecule has 0 saturated carbocycles. The summed E-state index contributed by atoms with van der Waals surface area (Å²) < 4.78 is 16.7. The topological polar surface area (TPSA) is 72.5 Å². The molecule has 0 fully saturated rings. The number of esters is 1. The summed E-state index contributed by atoms with van der Waals surface area (Å²) in [4.78, 5) is 24.1. The van der Waals surface area contributed by atoms with Crippen LogP contribution in [0.15, 0.2) is 47.4 Å². The van der Waals surface area contributed by atoms with Crippen molar-refractivity contribution < 1.29 is 18.5 Å². The molecule has 6 heteroatoms. The average Bonchev–Trinajstić information content (AvgIpc) is 2.55. The van der Waals surface area contributed by atoms with E-state index >= 15 is 0 Å². The van der Waals surface area contributed by atoms with Gasteiger partial charge in [-0.2, -0.15) is 0 Å². The van der Waals surface area contributed by atoms with Gasteiger partial charge in [-0.1, -0.05) is 0 Å². The Morgan fingerprint density at radius 2 is 1.87 bits per heavy atom. The van der Waals surface area contributed by atoms with E-state index in [0.29, 0.717) is 29.1 Å². The zero-order valence-electron chi connectivity index (χ0n) is 12.5. The molecule has 23 heavy (non-hydrogen) atoms. The van der Waals surface area contributed by atoms with E-state index in [1.54, 1.807) is 48.7 Å². The molecule has 118 valence electrons. The van der Waals surface area contributed by atoms with Gasteiger partial charge in [-0.15, -0.1) is 0 Å². The highest BCUT2D eigenvalue weighted by atomic mass is 32.2. The standard InChI is InChI=1S/C17H15NO4S/c1-23(21)14-6-2-11(3-7-14)17(20)22-13-5-8-15-12(10-13)4-9-16(19)18-15/h2-3,5-8,10H,4,9H2,1H3,(H,18,19). The number of anilines is 1. The zero-order valence-corrected chi connectivity index (χ0v) is 13.3. The molecule has 5 nitrogen and oxygen atoms in total. The lowest BCUT2D eigenvalue weighted by Gasteiger charge is -2.17. The minimum atomic E-state index is -1.08. The lowest BCUT2D eigenvalue weighted by Crippen LogP contribution is -2.19. The summed E-state index contributed by atoms with van der Waals surface area (Å²) in [6.07, 6.45) is 2.64. The lowest BCUT2D eigenvalue weighted by molar-refractivity contribution is -0.116. The number of ether oxygens (including phenoxy) is 1. The fraction of sp³-hybridized carbons (Fsp3) is 0.176. The van der Waals surface area contributed by atoms with Gasteiger partial charge in [-0.05, 0) is 54.4 Å². The van der Waals surface area contributed by atoms with Crippen LogP contribution in [-0.2, 0) is 22.0 Å². The average molecular weight is 329 g/mol. The Balaban J connectivity index is 1.75. The van der Waals surface area contributed by atoms with Gasteiger partial charge < -0.3 is 10.1 Å². The van der Waals surface area contributed by atoms with E-state index in [9.17, 15) is 13.8 Å². The van der Waals surface area contributed by atoms with Crippen LogP contribution in [0.5, 0.6) is 5.75 Å². The second-order valence-corrected chi connectivity index (χ2v) is 6.61. The van der Waals surface area contributed by atoms with Crippen molar-refractivity contribution in [1.82, 2.24) is 0 Å². The molecule has 0 radical (unpaired) electrons. The molecule has 1 aliphatic rings. The van der Waals surface area contributed by atoms with Gasteiger partial charge in [-0.3, -0.25) is 9.00 Å². The third kappa shape index (κ3) is 3.48. The number of rotatable bonds is 3. The van der Waals surface area contributed by atoms with E-state index in [0.717, 1.165) is 11.3 Å². The summed E-state index contributed by atoms with van der Waals surface area (Å²) >= 11 is 0. The maximum atomic E-state index is 12.1. The largest absolute Gasteiger partial charge is 0.423 e. The number of nitrogens with one attached hydrogen (secondary N) is 1. The Morgan fingerprint density at radius 3 is 2.57 bits per heavy atom. The van der Waals surface area contributed by atoms with Crippen LogP contribution in [0.1, 0.15) is 22.3 Å². The third-order valence-electron chi connectivity index (χ3n) is 3.60. The van der Waals surface area contributed by atoms with Gasteiger partial charge in [-0.25, -0.2) is 4.79 Å². The van der Waals surface area contributed by atoms with Gasteiger partial charge in [0.15, 0.2) is 0 Å². The lowest BCUT2D eigenvalue weighted by atomic mass is 10.0. The molecule has 0 aromatic heterocycles. The van der Waals surface area contributed by atoms with Crippen LogP contribution >= 0.6 is 0 Å². The normalized spacial score (nSPS) is 14.6. The highest BCUT2D eigenvalue weighted by Crippen LogP contribution is 2.27. The third-order valence-corrected chi connectivity index (χ3v) is 4.54. The Labute approximate surface area is 136 Å². The highest BCUT2D eigenvalue weighted by Gasteiger charge is 2.16. The number of carbonyl (C=O) groups excluding carboxylic acids is 2. The summed E-state index contributed by atoms with van der Waals surface area (Å²) in [5.41, 5.74) is 2.10. The summed E-state index contributed by atoms with van der Waals surface area (Å²) in [7, 11) is -1.08. The highest BCUT2D eigenvalue weighted by molar-refractivity contribution is 7.84. The molecule has 1 amide bonds. The van der Waals surface area contributed by atoms with Crippen molar-refractivity contribution in [2.75, 3.05) is 11.6 Å². The maximum absolute atomic E-state index is 12.1. The second-order valence-electron chi connectivity index (χ2n) is 5.24. The van der Waals surface area contributed by atoms with Crippen LogP contribution < -0.4 is 10.1 Å². The van der Waals surface area contributed by atoms with E-state index < -0.39 is 16.8 Å². The van der Waals surface area contributed by atoms with Crippen molar-refractivity contribution in [1.29, 1.82) is 0 Å². The molecular formula is C17H15NO4S. The molecule has 0 saturated heterocycles. The maximum Gasteiger partial charge on any atom is 0.343 e. The first-order valence-corrected chi connectivity index (χ1v) is 8.67. The fourth-order valence-corrected chi connectivity index (χ4v) is 2.89. The van der Waals surface area contributed by atoms with E-state index in [-0.39, 0.29) is 5.91 Å². The van der Waals surface area contributed by atoms with E-state index in [1.165, 1.54) is 0 Å². The molecule has 1 unspecified atom stereocenters. The molecule has 3 rings (SSSR count). The van der Waals surface area contributed by atoms with E-state index in [1.807, 2.05) is 0 Å². The Morgan fingerprint density at radius 1 is 1.13 bits per heavy atom. The molecule has 1 N–H and O–H groups in total. The molecule has 0 aliphatic carbocycles. The number of hydrogen-bond acceptors (Lipinski definition) is 4. The summed E-state index contributed by atoms with van der Waals surface area (Å²) in [6.45, 7) is 0. The molecule has 0 bridgehead atoms. The minimum Gasteiger partial charge on any atom is -0.423 e. The number of aryl methyl sites for hydroxylation is 1. The number of benzene rings is 2. The van der Waals surface area contributed by atoms with Crippen molar-refractivity contribution in [3.63, 3.8) is 0 Å². The zero-order chi connectivity index (χ0) is 16.4. The van der Waals surface area contributed by atoms with Crippen LogP contribution in [0.25, 0.3) is 0 Å². The molecule has 1 aliphatic heterocycles.